The van der Waals surface area contributed by atoms with Crippen molar-refractivity contribution in [2.24, 2.45) is 0 Å². The van der Waals surface area contributed by atoms with E-state index in [9.17, 15) is 0 Å². The van der Waals surface area contributed by atoms with Crippen LogP contribution in [0, 0.1) is 0 Å². The maximum Gasteiger partial charge on any atom is 0.0540 e. The zero-order valence-electron chi connectivity index (χ0n) is 31.7. The van der Waals surface area contributed by atoms with Crippen molar-refractivity contribution in [3.63, 3.8) is 0 Å². The van der Waals surface area contributed by atoms with Crippen molar-refractivity contribution in [1.29, 1.82) is 0 Å². The molecule has 0 spiro atoms. The highest BCUT2D eigenvalue weighted by molar-refractivity contribution is 7.25. The first kappa shape index (κ1) is 34.0. The molecule has 0 fully saturated rings. The lowest BCUT2D eigenvalue weighted by atomic mass is 9.93. The molecule has 2 heteroatoms. The van der Waals surface area contributed by atoms with Gasteiger partial charge in [-0.2, -0.15) is 0 Å². The fourth-order valence-electron chi connectivity index (χ4n) is 8.66. The van der Waals surface area contributed by atoms with Crippen LogP contribution in [0.5, 0.6) is 0 Å². The molecule has 1 aromatic heterocycles. The lowest BCUT2D eigenvalue weighted by Gasteiger charge is -2.28. The Morgan fingerprint density at radius 3 is 1.69 bits per heavy atom. The summed E-state index contributed by atoms with van der Waals surface area (Å²) >= 11 is 1.86. The number of hydrogen-bond acceptors (Lipinski definition) is 2. The number of benzene rings is 10. The lowest BCUT2D eigenvalue weighted by molar-refractivity contribution is 1.28. The normalized spacial score (nSPS) is 11.4. The van der Waals surface area contributed by atoms with E-state index in [1.807, 2.05) is 11.3 Å². The van der Waals surface area contributed by atoms with E-state index in [2.05, 4.69) is 229 Å². The molecule has 58 heavy (non-hydrogen) atoms. The van der Waals surface area contributed by atoms with Crippen molar-refractivity contribution in [3.05, 3.63) is 224 Å². The monoisotopic (exact) mass is 755 g/mol. The van der Waals surface area contributed by atoms with Crippen molar-refractivity contribution in [3.8, 4) is 44.5 Å². The summed E-state index contributed by atoms with van der Waals surface area (Å²) in [6, 6.07) is 82.1. The van der Waals surface area contributed by atoms with Gasteiger partial charge in [0.25, 0.3) is 0 Å². The Balaban J connectivity index is 1.08. The molecule has 10 aromatic carbocycles. The molecule has 0 N–H and O–H groups in total. The summed E-state index contributed by atoms with van der Waals surface area (Å²) < 4.78 is 2.62. The smallest absolute Gasteiger partial charge is 0.0540 e. The van der Waals surface area contributed by atoms with E-state index in [0.29, 0.717) is 0 Å². The Morgan fingerprint density at radius 2 is 0.845 bits per heavy atom. The first-order chi connectivity index (χ1) is 28.7. The molecule has 11 rings (SSSR count). The summed E-state index contributed by atoms with van der Waals surface area (Å²) in [5, 5.41) is 7.60. The highest BCUT2D eigenvalue weighted by Crippen LogP contribution is 2.45. The quantitative estimate of drug-likeness (QED) is 0.157. The highest BCUT2D eigenvalue weighted by Gasteiger charge is 2.20. The van der Waals surface area contributed by atoms with E-state index in [0.717, 1.165) is 17.1 Å². The van der Waals surface area contributed by atoms with Crippen LogP contribution in [0.2, 0.25) is 0 Å². The molecule has 0 saturated carbocycles. The summed E-state index contributed by atoms with van der Waals surface area (Å²) in [6.07, 6.45) is 0. The summed E-state index contributed by atoms with van der Waals surface area (Å²) in [4.78, 5) is 2.43. The number of para-hydroxylation sites is 1. The summed E-state index contributed by atoms with van der Waals surface area (Å²) in [6.45, 7) is 0. The Hall–Kier alpha value is -7.26. The summed E-state index contributed by atoms with van der Waals surface area (Å²) in [7, 11) is 0. The summed E-state index contributed by atoms with van der Waals surface area (Å²) in [5.74, 6) is 0. The molecular formula is C56H37NS. The van der Waals surface area contributed by atoms with Gasteiger partial charge in [0.05, 0.1) is 5.69 Å². The third kappa shape index (κ3) is 6.03. The van der Waals surface area contributed by atoms with Gasteiger partial charge in [0, 0.05) is 37.1 Å². The molecule has 0 bridgehead atoms. The predicted octanol–water partition coefficient (Wildman–Crippen LogP) is 16.5. The fourth-order valence-corrected chi connectivity index (χ4v) is 9.74. The summed E-state index contributed by atoms with van der Waals surface area (Å²) in [5.41, 5.74) is 12.9. The van der Waals surface area contributed by atoms with Gasteiger partial charge in [-0.05, 0) is 115 Å². The maximum atomic E-state index is 2.43. The van der Waals surface area contributed by atoms with Crippen molar-refractivity contribution in [2.75, 3.05) is 4.90 Å². The van der Waals surface area contributed by atoms with Crippen LogP contribution in [0.1, 0.15) is 0 Å². The van der Waals surface area contributed by atoms with Gasteiger partial charge in [0.1, 0.15) is 0 Å². The average Bonchev–Trinajstić information content (AvgIpc) is 3.67. The van der Waals surface area contributed by atoms with Crippen LogP contribution in [0.15, 0.2) is 224 Å². The zero-order valence-corrected chi connectivity index (χ0v) is 32.5. The van der Waals surface area contributed by atoms with Crippen molar-refractivity contribution >= 4 is 70.1 Å². The second kappa shape index (κ2) is 14.4. The molecule has 0 radical (unpaired) electrons. The van der Waals surface area contributed by atoms with Gasteiger partial charge >= 0.3 is 0 Å². The first-order valence-corrected chi connectivity index (χ1v) is 20.6. The number of nitrogens with zero attached hydrogens (tertiary/aromatic N) is 1. The van der Waals surface area contributed by atoms with Gasteiger partial charge in [-0.15, -0.1) is 11.3 Å². The fraction of sp³-hybridized carbons (Fsp3) is 0. The number of rotatable bonds is 7. The van der Waals surface area contributed by atoms with Crippen molar-refractivity contribution < 1.29 is 0 Å². The van der Waals surface area contributed by atoms with E-state index in [1.54, 1.807) is 0 Å². The molecule has 0 aliphatic carbocycles. The number of hydrogen-bond donors (Lipinski definition) is 0. The first-order valence-electron chi connectivity index (χ1n) is 19.8. The molecule has 0 saturated heterocycles. The standard InChI is InChI=1S/C56H37NS/c1-2-15-41-35-43(28-27-38(41)13-1)50-21-6-5-20-49(50)42-17-11-18-46(36-42)57(45-32-29-40(30-33-45)48-24-12-16-39-14-3-4-19-47(39)48)54-25-9-7-22-51(54)44-31-34-56-53(37-44)52-23-8-10-26-55(52)58-56/h1-37H. The molecule has 11 aromatic rings. The van der Waals surface area contributed by atoms with Gasteiger partial charge in [-0.3, -0.25) is 0 Å². The predicted molar refractivity (Wildman–Crippen MR) is 251 cm³/mol. The number of anilines is 3. The zero-order chi connectivity index (χ0) is 38.4. The van der Waals surface area contributed by atoms with E-state index in [-0.39, 0.29) is 0 Å². The molecule has 1 nitrogen and oxygen atoms in total. The van der Waals surface area contributed by atoms with Crippen LogP contribution >= 0.6 is 11.3 Å². The second-order valence-corrected chi connectivity index (χ2v) is 16.0. The molecular weight excluding hydrogens is 719 g/mol. The third-order valence-corrected chi connectivity index (χ3v) is 12.6. The molecule has 0 unspecified atom stereocenters. The number of fused-ring (bicyclic) bond motifs is 5. The van der Waals surface area contributed by atoms with Gasteiger partial charge < -0.3 is 4.90 Å². The topological polar surface area (TPSA) is 3.24 Å². The third-order valence-electron chi connectivity index (χ3n) is 11.5. The van der Waals surface area contributed by atoms with E-state index < -0.39 is 0 Å². The Bertz CT molecular complexity index is 3290. The SMILES string of the molecule is c1cc(-c2ccccc2-c2ccc3ccccc3c2)cc(N(c2ccc(-c3cccc4ccccc34)cc2)c2ccccc2-c2ccc3sc4ccccc4c3c2)c1. The lowest BCUT2D eigenvalue weighted by Crippen LogP contribution is -2.11. The molecule has 0 aliphatic heterocycles. The van der Waals surface area contributed by atoms with Crippen LogP contribution < -0.4 is 4.90 Å². The maximum absolute atomic E-state index is 2.43. The van der Waals surface area contributed by atoms with Crippen LogP contribution in [-0.2, 0) is 0 Å². The molecule has 0 aliphatic rings. The largest absolute Gasteiger partial charge is 0.310 e. The Kier molecular flexibility index (Phi) is 8.42. The number of thiophene rings is 1. The van der Waals surface area contributed by atoms with Crippen molar-refractivity contribution in [1.82, 2.24) is 0 Å². The van der Waals surface area contributed by atoms with Gasteiger partial charge in [-0.25, -0.2) is 0 Å². The van der Waals surface area contributed by atoms with Crippen LogP contribution in [0.25, 0.3) is 86.2 Å². The van der Waals surface area contributed by atoms with Gasteiger partial charge in [0.2, 0.25) is 0 Å². The van der Waals surface area contributed by atoms with Crippen LogP contribution in [0.3, 0.4) is 0 Å². The Morgan fingerprint density at radius 1 is 0.276 bits per heavy atom. The van der Waals surface area contributed by atoms with E-state index in [4.69, 9.17) is 0 Å². The average molecular weight is 756 g/mol. The Labute approximate surface area is 342 Å². The minimum atomic E-state index is 1.10. The van der Waals surface area contributed by atoms with Crippen LogP contribution in [-0.4, -0.2) is 0 Å². The molecule has 0 atom stereocenters. The van der Waals surface area contributed by atoms with Gasteiger partial charge in [-0.1, -0.05) is 170 Å². The molecule has 1 heterocycles. The van der Waals surface area contributed by atoms with Crippen molar-refractivity contribution in [2.45, 2.75) is 0 Å². The molecule has 272 valence electrons. The minimum Gasteiger partial charge on any atom is -0.310 e. The van der Waals surface area contributed by atoms with E-state index >= 15 is 0 Å². The van der Waals surface area contributed by atoms with E-state index in [1.165, 1.54) is 86.2 Å². The highest BCUT2D eigenvalue weighted by atomic mass is 32.1. The van der Waals surface area contributed by atoms with Gasteiger partial charge in [0.15, 0.2) is 0 Å². The minimum absolute atomic E-state index is 1.10. The van der Waals surface area contributed by atoms with Crippen LogP contribution in [0.4, 0.5) is 17.1 Å². The second-order valence-electron chi connectivity index (χ2n) is 14.9. The molecule has 0 amide bonds.